The van der Waals surface area contributed by atoms with E-state index in [1.54, 1.807) is 44.4 Å². The summed E-state index contributed by atoms with van der Waals surface area (Å²) in [5.74, 6) is 0. The molecule has 7 nitrogen and oxygen atoms in total. The van der Waals surface area contributed by atoms with Gasteiger partial charge < -0.3 is 0 Å². The smallest absolute Gasteiger partial charge is 0.295 e. The predicted molar refractivity (Wildman–Crippen MR) is 90.1 cm³/mol. The molecule has 0 radical (unpaired) electrons. The van der Waals surface area contributed by atoms with Crippen LogP contribution in [0.5, 0.6) is 0 Å². The Morgan fingerprint density at radius 1 is 1.04 bits per heavy atom. The standard InChI is InChI=1S/C16H14N4O3S/c1-19-13-8-7-12(9-14(13)20(2)16(19)21)18-24(22,23)15-6-4-3-5-11(15)10-17/h3-9,18H,1-2H3. The van der Waals surface area contributed by atoms with E-state index < -0.39 is 10.0 Å². The molecule has 2 aromatic carbocycles. The summed E-state index contributed by atoms with van der Waals surface area (Å²) in [4.78, 5) is 11.9. The second-order valence-corrected chi connectivity index (χ2v) is 6.97. The van der Waals surface area contributed by atoms with Crippen molar-refractivity contribution in [3.63, 3.8) is 0 Å². The molecule has 1 heterocycles. The Labute approximate surface area is 138 Å². The van der Waals surface area contributed by atoms with E-state index in [0.29, 0.717) is 16.7 Å². The van der Waals surface area contributed by atoms with Crippen LogP contribution in [0, 0.1) is 11.3 Å². The maximum atomic E-state index is 12.5. The summed E-state index contributed by atoms with van der Waals surface area (Å²) in [7, 11) is -0.638. The van der Waals surface area contributed by atoms with Crippen molar-refractivity contribution in [2.75, 3.05) is 4.72 Å². The molecular weight excluding hydrogens is 328 g/mol. The minimum atomic E-state index is -3.91. The number of rotatable bonds is 3. The number of sulfonamides is 1. The van der Waals surface area contributed by atoms with Gasteiger partial charge in [-0.15, -0.1) is 0 Å². The molecule has 0 saturated carbocycles. The zero-order valence-electron chi connectivity index (χ0n) is 13.0. The second-order valence-electron chi connectivity index (χ2n) is 5.32. The van der Waals surface area contributed by atoms with Crippen LogP contribution in [0.25, 0.3) is 11.0 Å². The van der Waals surface area contributed by atoms with E-state index in [0.717, 1.165) is 0 Å². The maximum absolute atomic E-state index is 12.5. The quantitative estimate of drug-likeness (QED) is 0.781. The van der Waals surface area contributed by atoms with Gasteiger partial charge in [-0.2, -0.15) is 5.26 Å². The summed E-state index contributed by atoms with van der Waals surface area (Å²) < 4.78 is 30.5. The van der Waals surface area contributed by atoms with Crippen LogP contribution in [0.2, 0.25) is 0 Å². The van der Waals surface area contributed by atoms with Crippen LogP contribution >= 0.6 is 0 Å². The number of aryl methyl sites for hydroxylation is 2. The van der Waals surface area contributed by atoms with Gasteiger partial charge in [-0.05, 0) is 30.3 Å². The summed E-state index contributed by atoms with van der Waals surface area (Å²) in [6.45, 7) is 0. The normalized spacial score (nSPS) is 11.4. The molecule has 24 heavy (non-hydrogen) atoms. The zero-order valence-corrected chi connectivity index (χ0v) is 13.8. The van der Waals surface area contributed by atoms with E-state index in [9.17, 15) is 13.2 Å². The molecule has 1 aromatic heterocycles. The van der Waals surface area contributed by atoms with Gasteiger partial charge in [0.2, 0.25) is 0 Å². The van der Waals surface area contributed by atoms with Crippen molar-refractivity contribution in [1.29, 1.82) is 5.26 Å². The average molecular weight is 342 g/mol. The van der Waals surface area contributed by atoms with Gasteiger partial charge in [-0.25, -0.2) is 13.2 Å². The first kappa shape index (κ1) is 15.8. The van der Waals surface area contributed by atoms with Gasteiger partial charge in [-0.1, -0.05) is 12.1 Å². The zero-order chi connectivity index (χ0) is 17.5. The van der Waals surface area contributed by atoms with Crippen molar-refractivity contribution < 1.29 is 8.42 Å². The molecule has 0 saturated heterocycles. The minimum absolute atomic E-state index is 0.0678. The number of imidazole rings is 1. The number of nitrogens with zero attached hydrogens (tertiary/aromatic N) is 3. The SMILES string of the molecule is Cn1c(=O)n(C)c2cc(NS(=O)(=O)c3ccccc3C#N)ccc21. The molecule has 122 valence electrons. The molecule has 0 aliphatic carbocycles. The molecule has 3 aromatic rings. The highest BCUT2D eigenvalue weighted by molar-refractivity contribution is 7.92. The number of aromatic nitrogens is 2. The first-order valence-corrected chi connectivity index (χ1v) is 8.51. The van der Waals surface area contributed by atoms with Crippen LogP contribution in [0.4, 0.5) is 5.69 Å². The largest absolute Gasteiger partial charge is 0.328 e. The van der Waals surface area contributed by atoms with Gasteiger partial charge >= 0.3 is 5.69 Å². The first-order chi connectivity index (χ1) is 11.3. The van der Waals surface area contributed by atoms with Crippen molar-refractivity contribution in [3.8, 4) is 6.07 Å². The summed E-state index contributed by atoms with van der Waals surface area (Å²) >= 11 is 0. The fourth-order valence-corrected chi connectivity index (χ4v) is 3.78. The van der Waals surface area contributed by atoms with Crippen LogP contribution < -0.4 is 10.4 Å². The number of hydrogen-bond acceptors (Lipinski definition) is 4. The molecule has 0 bridgehead atoms. The Morgan fingerprint density at radius 3 is 2.42 bits per heavy atom. The fraction of sp³-hybridized carbons (Fsp3) is 0.125. The van der Waals surface area contributed by atoms with E-state index in [4.69, 9.17) is 5.26 Å². The van der Waals surface area contributed by atoms with Crippen molar-refractivity contribution >= 4 is 26.7 Å². The monoisotopic (exact) mass is 342 g/mol. The van der Waals surface area contributed by atoms with Crippen LogP contribution in [-0.4, -0.2) is 17.6 Å². The molecule has 8 heteroatoms. The number of hydrogen-bond donors (Lipinski definition) is 1. The molecule has 0 unspecified atom stereocenters. The Kier molecular flexibility index (Phi) is 3.66. The van der Waals surface area contributed by atoms with Crippen molar-refractivity contribution in [3.05, 3.63) is 58.5 Å². The lowest BCUT2D eigenvalue weighted by Crippen LogP contribution is -2.19. The predicted octanol–water partition coefficient (Wildman–Crippen LogP) is 1.55. The summed E-state index contributed by atoms with van der Waals surface area (Å²) in [5, 5.41) is 9.08. The van der Waals surface area contributed by atoms with Crippen LogP contribution in [0.1, 0.15) is 5.56 Å². The molecular formula is C16H14N4O3S. The lowest BCUT2D eigenvalue weighted by molar-refractivity contribution is 0.601. The van der Waals surface area contributed by atoms with Gasteiger partial charge in [0.15, 0.2) is 0 Å². The number of nitriles is 1. The molecule has 0 atom stereocenters. The summed E-state index contributed by atoms with van der Waals surface area (Å²) in [5.41, 5.74) is 1.49. The third kappa shape index (κ3) is 2.45. The summed E-state index contributed by atoms with van der Waals surface area (Å²) in [6.07, 6.45) is 0. The second kappa shape index (κ2) is 5.54. The van der Waals surface area contributed by atoms with Gasteiger partial charge in [-0.3, -0.25) is 13.9 Å². The molecule has 0 aliphatic rings. The van der Waals surface area contributed by atoms with Crippen LogP contribution in [-0.2, 0) is 24.1 Å². The highest BCUT2D eigenvalue weighted by Crippen LogP contribution is 2.22. The van der Waals surface area contributed by atoms with Gasteiger partial charge in [0.05, 0.1) is 22.3 Å². The maximum Gasteiger partial charge on any atom is 0.328 e. The Balaban J connectivity index is 2.08. The van der Waals surface area contributed by atoms with Crippen molar-refractivity contribution in [2.45, 2.75) is 4.90 Å². The summed E-state index contributed by atoms with van der Waals surface area (Å²) in [6, 6.07) is 12.7. The highest BCUT2D eigenvalue weighted by atomic mass is 32.2. The Bertz CT molecular complexity index is 1150. The fourth-order valence-electron chi connectivity index (χ4n) is 2.57. The van der Waals surface area contributed by atoms with E-state index in [1.807, 2.05) is 6.07 Å². The van der Waals surface area contributed by atoms with Crippen molar-refractivity contribution in [2.24, 2.45) is 14.1 Å². The van der Waals surface area contributed by atoms with E-state index in [2.05, 4.69) is 4.72 Å². The van der Waals surface area contributed by atoms with Gasteiger partial charge in [0, 0.05) is 14.1 Å². The number of fused-ring (bicyclic) bond motifs is 1. The number of benzene rings is 2. The lowest BCUT2D eigenvalue weighted by Gasteiger charge is -2.09. The topological polar surface area (TPSA) is 96.9 Å². The number of anilines is 1. The Hall–Kier alpha value is -3.05. The lowest BCUT2D eigenvalue weighted by atomic mass is 10.2. The van der Waals surface area contributed by atoms with Crippen molar-refractivity contribution in [1.82, 2.24) is 9.13 Å². The van der Waals surface area contributed by atoms with E-state index in [-0.39, 0.29) is 16.1 Å². The molecule has 0 fully saturated rings. The third-order valence-corrected chi connectivity index (χ3v) is 5.26. The van der Waals surface area contributed by atoms with E-state index in [1.165, 1.54) is 21.3 Å². The van der Waals surface area contributed by atoms with Gasteiger partial charge in [0.25, 0.3) is 10.0 Å². The van der Waals surface area contributed by atoms with Crippen LogP contribution in [0.3, 0.4) is 0 Å². The highest BCUT2D eigenvalue weighted by Gasteiger charge is 2.19. The molecule has 0 aliphatic heterocycles. The number of nitrogens with one attached hydrogen (secondary N) is 1. The third-order valence-electron chi connectivity index (χ3n) is 3.82. The average Bonchev–Trinajstić information content (AvgIpc) is 2.79. The first-order valence-electron chi connectivity index (χ1n) is 7.02. The Morgan fingerprint density at radius 2 is 1.71 bits per heavy atom. The molecule has 0 spiro atoms. The van der Waals surface area contributed by atoms with Gasteiger partial charge in [0.1, 0.15) is 11.0 Å². The molecule has 1 N–H and O–H groups in total. The van der Waals surface area contributed by atoms with Crippen LogP contribution in [0.15, 0.2) is 52.2 Å². The minimum Gasteiger partial charge on any atom is -0.295 e. The molecule has 0 amide bonds. The van der Waals surface area contributed by atoms with E-state index >= 15 is 0 Å². The molecule has 3 rings (SSSR count).